The van der Waals surface area contributed by atoms with Crippen LogP contribution in [0.1, 0.15) is 34.8 Å². The van der Waals surface area contributed by atoms with Crippen molar-refractivity contribution in [2.24, 2.45) is 0 Å². The van der Waals surface area contributed by atoms with Crippen LogP contribution in [0.4, 0.5) is 5.82 Å². The van der Waals surface area contributed by atoms with E-state index in [9.17, 15) is 4.79 Å². The maximum Gasteiger partial charge on any atom is 0.341 e. The predicted molar refractivity (Wildman–Crippen MR) is 88.1 cm³/mol. The van der Waals surface area contributed by atoms with Crippen molar-refractivity contribution < 1.29 is 14.6 Å². The first-order valence-electron chi connectivity index (χ1n) is 7.73. The average Bonchev–Trinajstić information content (AvgIpc) is 2.81. The Kier molecular flexibility index (Phi) is 5.07. The van der Waals surface area contributed by atoms with Gasteiger partial charge in [0.1, 0.15) is 10.8 Å². The lowest BCUT2D eigenvalue weighted by Crippen LogP contribution is -2.10. The van der Waals surface area contributed by atoms with Crippen LogP contribution < -0.4 is 10.1 Å². The highest BCUT2D eigenvalue weighted by molar-refractivity contribution is 7.11. The molecule has 23 heavy (non-hydrogen) atoms. The predicted octanol–water partition coefficient (Wildman–Crippen LogP) is 2.88. The van der Waals surface area contributed by atoms with Crippen molar-refractivity contribution in [3.8, 4) is 5.88 Å². The third kappa shape index (κ3) is 4.41. The number of carboxylic acid groups (broad SMARTS) is 1. The number of thiazole rings is 1. The molecule has 2 aromatic heterocycles. The number of rotatable bonds is 6. The number of carboxylic acids is 1. The summed E-state index contributed by atoms with van der Waals surface area (Å²) in [5, 5.41) is 12.9. The number of nitrogens with zero attached hydrogens (tertiary/aromatic N) is 2. The summed E-state index contributed by atoms with van der Waals surface area (Å²) in [6.07, 6.45) is 6.01. The molecule has 0 aliphatic heterocycles. The Bertz CT molecular complexity index is 663. The largest absolute Gasteiger partial charge is 0.479 e. The van der Waals surface area contributed by atoms with Crippen LogP contribution in [0.3, 0.4) is 0 Å². The minimum atomic E-state index is -1.02. The fraction of sp³-hybridized carbons (Fsp3) is 0.438. The van der Waals surface area contributed by atoms with Crippen LogP contribution in [0.5, 0.6) is 5.88 Å². The van der Waals surface area contributed by atoms with Crippen molar-refractivity contribution in [3.63, 3.8) is 0 Å². The van der Waals surface area contributed by atoms with Gasteiger partial charge in [-0.3, -0.25) is 0 Å². The summed E-state index contributed by atoms with van der Waals surface area (Å²) in [4.78, 5) is 20.9. The molecule has 0 spiro atoms. The fourth-order valence-electron chi connectivity index (χ4n) is 2.55. The van der Waals surface area contributed by atoms with E-state index >= 15 is 0 Å². The lowest BCUT2D eigenvalue weighted by molar-refractivity contribution is -0.139. The van der Waals surface area contributed by atoms with E-state index in [2.05, 4.69) is 10.3 Å². The van der Waals surface area contributed by atoms with Gasteiger partial charge in [-0.2, -0.15) is 4.98 Å². The van der Waals surface area contributed by atoms with Gasteiger partial charge in [-0.05, 0) is 31.7 Å². The van der Waals surface area contributed by atoms with Gasteiger partial charge in [0.05, 0.1) is 12.2 Å². The van der Waals surface area contributed by atoms with Crippen molar-refractivity contribution >= 4 is 23.1 Å². The molecular weight excluding hydrogens is 314 g/mol. The summed E-state index contributed by atoms with van der Waals surface area (Å²) in [6, 6.07) is 5.25. The van der Waals surface area contributed by atoms with Crippen LogP contribution in [0.15, 0.2) is 18.2 Å². The molecule has 122 valence electrons. The van der Waals surface area contributed by atoms with Gasteiger partial charge in [-0.25, -0.2) is 9.78 Å². The average molecular weight is 333 g/mol. The van der Waals surface area contributed by atoms with Crippen molar-refractivity contribution in [2.75, 3.05) is 11.9 Å². The minimum Gasteiger partial charge on any atom is -0.479 e. The zero-order chi connectivity index (χ0) is 16.1. The second-order valence-corrected chi connectivity index (χ2v) is 6.60. The van der Waals surface area contributed by atoms with Crippen LogP contribution in [-0.4, -0.2) is 27.7 Å². The van der Waals surface area contributed by atoms with E-state index in [0.717, 1.165) is 17.8 Å². The summed E-state index contributed by atoms with van der Waals surface area (Å²) in [6.45, 7) is 0.225. The second kappa shape index (κ2) is 7.41. The molecule has 2 aromatic rings. The molecule has 0 bridgehead atoms. The molecule has 7 heteroatoms. The summed E-state index contributed by atoms with van der Waals surface area (Å²) in [7, 11) is 0. The number of hydrogen-bond donors (Lipinski definition) is 2. The summed E-state index contributed by atoms with van der Waals surface area (Å²) >= 11 is 1.78. The molecule has 0 saturated carbocycles. The highest BCUT2D eigenvalue weighted by Crippen LogP contribution is 2.26. The standard InChI is InChI=1S/C16H19N3O3S/c20-16(21)10-22-14-8-4-7-13(19-14)17-9-15-18-11-5-2-1-3-6-12(11)23-15/h4,7-8H,1-3,5-6,9-10H2,(H,17,19)(H,20,21). The molecule has 0 fully saturated rings. The van der Waals surface area contributed by atoms with E-state index < -0.39 is 12.6 Å². The Morgan fingerprint density at radius 2 is 2.13 bits per heavy atom. The SMILES string of the molecule is O=C(O)COc1cccc(NCc2nc3c(s2)CCCCC3)n1. The number of aryl methyl sites for hydroxylation is 2. The molecular formula is C16H19N3O3S. The molecule has 1 aliphatic rings. The molecule has 0 atom stereocenters. The molecule has 0 saturated heterocycles. The quantitative estimate of drug-likeness (QED) is 0.791. The Hall–Kier alpha value is -2.15. The molecule has 0 aromatic carbocycles. The van der Waals surface area contributed by atoms with E-state index in [1.54, 1.807) is 23.5 Å². The number of fused-ring (bicyclic) bond motifs is 1. The van der Waals surface area contributed by atoms with Gasteiger partial charge in [0.15, 0.2) is 6.61 Å². The normalized spacial score (nSPS) is 13.9. The van der Waals surface area contributed by atoms with Crippen LogP contribution in [0.25, 0.3) is 0 Å². The van der Waals surface area contributed by atoms with Gasteiger partial charge in [0.2, 0.25) is 5.88 Å². The minimum absolute atomic E-state index is 0.298. The molecule has 2 heterocycles. The second-order valence-electron chi connectivity index (χ2n) is 5.44. The lowest BCUT2D eigenvalue weighted by atomic mass is 10.2. The van der Waals surface area contributed by atoms with Crippen molar-refractivity contribution in [3.05, 3.63) is 33.8 Å². The number of ether oxygens (including phenoxy) is 1. The van der Waals surface area contributed by atoms with E-state index in [0.29, 0.717) is 18.2 Å². The zero-order valence-electron chi connectivity index (χ0n) is 12.7. The number of carbonyl (C=O) groups is 1. The number of nitrogens with one attached hydrogen (secondary N) is 1. The Labute approximate surface area is 138 Å². The molecule has 6 nitrogen and oxygen atoms in total. The third-order valence-corrected chi connectivity index (χ3v) is 4.79. The zero-order valence-corrected chi connectivity index (χ0v) is 13.6. The summed E-state index contributed by atoms with van der Waals surface area (Å²) < 4.78 is 5.08. The molecule has 1 aliphatic carbocycles. The van der Waals surface area contributed by atoms with E-state index in [1.807, 2.05) is 6.07 Å². The highest BCUT2D eigenvalue weighted by Gasteiger charge is 2.13. The van der Waals surface area contributed by atoms with Crippen LogP contribution in [-0.2, 0) is 24.2 Å². The molecule has 0 unspecified atom stereocenters. The van der Waals surface area contributed by atoms with Gasteiger partial charge in [-0.1, -0.05) is 12.5 Å². The number of aliphatic carboxylic acids is 1. The molecule has 0 radical (unpaired) electrons. The number of aromatic nitrogens is 2. The van der Waals surface area contributed by atoms with Gasteiger partial charge in [-0.15, -0.1) is 11.3 Å². The van der Waals surface area contributed by atoms with E-state index in [-0.39, 0.29) is 0 Å². The first-order chi connectivity index (χ1) is 11.2. The van der Waals surface area contributed by atoms with Gasteiger partial charge >= 0.3 is 5.97 Å². The number of hydrogen-bond acceptors (Lipinski definition) is 6. The maximum absolute atomic E-state index is 10.5. The lowest BCUT2D eigenvalue weighted by Gasteiger charge is -2.06. The molecule has 3 rings (SSSR count). The summed E-state index contributed by atoms with van der Waals surface area (Å²) in [5.41, 5.74) is 1.26. The van der Waals surface area contributed by atoms with Gasteiger partial charge < -0.3 is 15.2 Å². The fourth-order valence-corrected chi connectivity index (χ4v) is 3.65. The first-order valence-corrected chi connectivity index (χ1v) is 8.55. The highest BCUT2D eigenvalue weighted by atomic mass is 32.1. The first kappa shape index (κ1) is 15.7. The molecule has 2 N–H and O–H groups in total. The van der Waals surface area contributed by atoms with Crippen molar-refractivity contribution in [1.82, 2.24) is 9.97 Å². The third-order valence-electron chi connectivity index (χ3n) is 3.63. The summed E-state index contributed by atoms with van der Waals surface area (Å²) in [5.74, 6) is -0.0694. The topological polar surface area (TPSA) is 84.3 Å². The smallest absolute Gasteiger partial charge is 0.341 e. The van der Waals surface area contributed by atoms with Crippen molar-refractivity contribution in [2.45, 2.75) is 38.6 Å². The Balaban J connectivity index is 1.60. The van der Waals surface area contributed by atoms with Crippen LogP contribution in [0.2, 0.25) is 0 Å². The molecule has 0 amide bonds. The van der Waals surface area contributed by atoms with Gasteiger partial charge in [0.25, 0.3) is 0 Å². The number of pyridine rings is 1. The van der Waals surface area contributed by atoms with Crippen LogP contribution >= 0.6 is 11.3 Å². The Morgan fingerprint density at radius 3 is 3.00 bits per heavy atom. The van der Waals surface area contributed by atoms with Crippen molar-refractivity contribution in [1.29, 1.82) is 0 Å². The van der Waals surface area contributed by atoms with Crippen LogP contribution in [0, 0.1) is 0 Å². The number of anilines is 1. The van der Waals surface area contributed by atoms with E-state index in [4.69, 9.17) is 14.8 Å². The van der Waals surface area contributed by atoms with E-state index in [1.165, 1.54) is 29.8 Å². The Morgan fingerprint density at radius 1 is 1.26 bits per heavy atom. The maximum atomic E-state index is 10.5. The van der Waals surface area contributed by atoms with Gasteiger partial charge in [0, 0.05) is 10.9 Å². The monoisotopic (exact) mass is 333 g/mol.